The van der Waals surface area contributed by atoms with Crippen molar-refractivity contribution in [2.45, 2.75) is 66.0 Å². The summed E-state index contributed by atoms with van der Waals surface area (Å²) in [4.78, 5) is 0. The Hall–Kier alpha value is -0.860. The predicted octanol–water partition coefficient (Wildman–Crippen LogP) is 4.47. The number of hydrogen-bond donors (Lipinski definition) is 1. The molecule has 1 rings (SSSR count). The second kappa shape index (κ2) is 8.43. The topological polar surface area (TPSA) is 21.3 Å². The number of methoxy groups -OCH3 is 1. The first-order valence-corrected chi connectivity index (χ1v) is 7.83. The number of nitrogens with one attached hydrogen (secondary N) is 1. The van der Waals surface area contributed by atoms with Crippen molar-refractivity contribution in [2.24, 2.45) is 0 Å². The molecule has 20 heavy (non-hydrogen) atoms. The van der Waals surface area contributed by atoms with Gasteiger partial charge in [0.25, 0.3) is 0 Å². The average molecular weight is 277 g/mol. The zero-order chi connectivity index (χ0) is 15.1. The molecule has 1 aromatic carbocycles. The number of rotatable bonds is 8. The molecule has 0 bridgehead atoms. The van der Waals surface area contributed by atoms with Crippen molar-refractivity contribution < 1.29 is 4.74 Å². The van der Waals surface area contributed by atoms with Crippen LogP contribution in [0.15, 0.2) is 12.1 Å². The summed E-state index contributed by atoms with van der Waals surface area (Å²) in [5.74, 6) is 0. The van der Waals surface area contributed by atoms with E-state index in [2.05, 4.69) is 52.1 Å². The van der Waals surface area contributed by atoms with Gasteiger partial charge in [-0.15, -0.1) is 0 Å². The molecule has 0 amide bonds. The number of ether oxygens (including phenoxy) is 1. The lowest BCUT2D eigenvalue weighted by Gasteiger charge is -2.23. The molecule has 0 aliphatic rings. The van der Waals surface area contributed by atoms with E-state index in [1.54, 1.807) is 7.11 Å². The maximum Gasteiger partial charge on any atom is 0.0543 e. The predicted molar refractivity (Wildman–Crippen MR) is 87.4 cm³/mol. The highest BCUT2D eigenvalue weighted by molar-refractivity contribution is 5.38. The van der Waals surface area contributed by atoms with E-state index in [4.69, 9.17) is 4.74 Å². The third-order valence-electron chi connectivity index (χ3n) is 4.16. The van der Waals surface area contributed by atoms with E-state index in [9.17, 15) is 0 Å². The standard InChI is InChI=1S/C18H31NO/c1-7-10-19-18(9-8-16(5)20-6)17-12-14(3)13(2)11-15(17)4/h11-12,16,18-19H,7-10H2,1-6H3. The van der Waals surface area contributed by atoms with E-state index in [-0.39, 0.29) is 0 Å². The summed E-state index contributed by atoms with van der Waals surface area (Å²) in [6.07, 6.45) is 3.70. The molecular weight excluding hydrogens is 246 g/mol. The highest BCUT2D eigenvalue weighted by Crippen LogP contribution is 2.26. The van der Waals surface area contributed by atoms with E-state index >= 15 is 0 Å². The van der Waals surface area contributed by atoms with Crippen LogP contribution >= 0.6 is 0 Å². The van der Waals surface area contributed by atoms with Crippen LogP contribution in [-0.4, -0.2) is 19.8 Å². The van der Waals surface area contributed by atoms with Crippen molar-refractivity contribution >= 4 is 0 Å². The van der Waals surface area contributed by atoms with Gasteiger partial charge in [0.2, 0.25) is 0 Å². The van der Waals surface area contributed by atoms with Crippen LogP contribution in [-0.2, 0) is 4.74 Å². The van der Waals surface area contributed by atoms with Crippen molar-refractivity contribution in [3.05, 3.63) is 34.4 Å². The molecule has 0 saturated heterocycles. The molecule has 2 heteroatoms. The Morgan fingerprint density at radius 3 is 2.30 bits per heavy atom. The van der Waals surface area contributed by atoms with Gasteiger partial charge >= 0.3 is 0 Å². The number of aryl methyl sites for hydroxylation is 3. The minimum absolute atomic E-state index is 0.327. The van der Waals surface area contributed by atoms with Gasteiger partial charge in [-0.3, -0.25) is 0 Å². The molecule has 0 aliphatic heterocycles. The summed E-state index contributed by atoms with van der Waals surface area (Å²) in [5, 5.41) is 3.70. The maximum atomic E-state index is 5.39. The summed E-state index contributed by atoms with van der Waals surface area (Å²) in [6.45, 7) is 12.0. The molecule has 0 aromatic heterocycles. The van der Waals surface area contributed by atoms with Gasteiger partial charge in [-0.1, -0.05) is 19.1 Å². The zero-order valence-corrected chi connectivity index (χ0v) is 14.0. The summed E-state index contributed by atoms with van der Waals surface area (Å²) in [6, 6.07) is 5.10. The molecule has 0 fully saturated rings. The van der Waals surface area contributed by atoms with E-state index in [1.165, 1.54) is 28.7 Å². The molecular formula is C18H31NO. The quantitative estimate of drug-likeness (QED) is 0.757. The number of hydrogen-bond acceptors (Lipinski definition) is 2. The monoisotopic (exact) mass is 277 g/mol. The fraction of sp³-hybridized carbons (Fsp3) is 0.667. The lowest BCUT2D eigenvalue weighted by molar-refractivity contribution is 0.106. The normalized spacial score (nSPS) is 14.3. The lowest BCUT2D eigenvalue weighted by atomic mass is 9.92. The lowest BCUT2D eigenvalue weighted by Crippen LogP contribution is -2.24. The van der Waals surface area contributed by atoms with Crippen LogP contribution in [0.2, 0.25) is 0 Å². The van der Waals surface area contributed by atoms with Gasteiger partial charge in [0.05, 0.1) is 6.10 Å². The minimum Gasteiger partial charge on any atom is -0.382 e. The van der Waals surface area contributed by atoms with Crippen LogP contribution in [0.5, 0.6) is 0 Å². The molecule has 0 aliphatic carbocycles. The van der Waals surface area contributed by atoms with Gasteiger partial charge < -0.3 is 10.1 Å². The van der Waals surface area contributed by atoms with Crippen LogP contribution < -0.4 is 5.32 Å². The van der Waals surface area contributed by atoms with Gasteiger partial charge in [0.15, 0.2) is 0 Å². The summed E-state index contributed by atoms with van der Waals surface area (Å²) in [7, 11) is 1.79. The van der Waals surface area contributed by atoms with Gasteiger partial charge in [0, 0.05) is 13.2 Å². The molecule has 0 radical (unpaired) electrons. The van der Waals surface area contributed by atoms with Crippen molar-refractivity contribution in [1.82, 2.24) is 5.32 Å². The van der Waals surface area contributed by atoms with E-state index < -0.39 is 0 Å². The third-order valence-corrected chi connectivity index (χ3v) is 4.16. The average Bonchev–Trinajstić information content (AvgIpc) is 2.43. The fourth-order valence-corrected chi connectivity index (χ4v) is 2.56. The summed E-state index contributed by atoms with van der Waals surface area (Å²) >= 11 is 0. The number of benzene rings is 1. The Bertz CT molecular complexity index is 414. The molecule has 0 spiro atoms. The second-order valence-electron chi connectivity index (χ2n) is 5.92. The Kier molecular flexibility index (Phi) is 7.25. The van der Waals surface area contributed by atoms with Crippen molar-refractivity contribution in [3.8, 4) is 0 Å². The van der Waals surface area contributed by atoms with Crippen LogP contribution in [0.25, 0.3) is 0 Å². The first kappa shape index (κ1) is 17.2. The highest BCUT2D eigenvalue weighted by atomic mass is 16.5. The largest absolute Gasteiger partial charge is 0.382 e. The van der Waals surface area contributed by atoms with Gasteiger partial charge in [-0.05, 0) is 75.8 Å². The Labute approximate surface area is 124 Å². The van der Waals surface area contributed by atoms with Crippen molar-refractivity contribution in [2.75, 3.05) is 13.7 Å². The van der Waals surface area contributed by atoms with Gasteiger partial charge in [0.1, 0.15) is 0 Å². The zero-order valence-electron chi connectivity index (χ0n) is 14.0. The summed E-state index contributed by atoms with van der Waals surface area (Å²) in [5.41, 5.74) is 5.61. The van der Waals surface area contributed by atoms with Crippen LogP contribution in [0.4, 0.5) is 0 Å². The first-order valence-electron chi connectivity index (χ1n) is 7.83. The van der Waals surface area contributed by atoms with Gasteiger partial charge in [-0.2, -0.15) is 0 Å². The maximum absolute atomic E-state index is 5.39. The third kappa shape index (κ3) is 4.92. The van der Waals surface area contributed by atoms with E-state index in [0.717, 1.165) is 19.4 Å². The Morgan fingerprint density at radius 2 is 1.70 bits per heavy atom. The van der Waals surface area contributed by atoms with Crippen LogP contribution in [0.1, 0.15) is 61.4 Å². The van der Waals surface area contributed by atoms with Crippen molar-refractivity contribution in [3.63, 3.8) is 0 Å². The van der Waals surface area contributed by atoms with Crippen molar-refractivity contribution in [1.29, 1.82) is 0 Å². The fourth-order valence-electron chi connectivity index (χ4n) is 2.56. The van der Waals surface area contributed by atoms with Gasteiger partial charge in [-0.25, -0.2) is 0 Å². The Balaban J connectivity index is 2.89. The highest BCUT2D eigenvalue weighted by Gasteiger charge is 2.15. The molecule has 114 valence electrons. The van der Waals surface area contributed by atoms with E-state index in [0.29, 0.717) is 12.1 Å². The van der Waals surface area contributed by atoms with E-state index in [1.807, 2.05) is 0 Å². The Morgan fingerprint density at radius 1 is 1.05 bits per heavy atom. The minimum atomic E-state index is 0.327. The SMILES string of the molecule is CCCNC(CCC(C)OC)c1cc(C)c(C)cc1C. The van der Waals surface area contributed by atoms with Crippen LogP contribution in [0.3, 0.4) is 0 Å². The van der Waals surface area contributed by atoms with Crippen LogP contribution in [0, 0.1) is 20.8 Å². The first-order chi connectivity index (χ1) is 9.49. The molecule has 0 heterocycles. The smallest absolute Gasteiger partial charge is 0.0543 e. The molecule has 2 atom stereocenters. The molecule has 1 aromatic rings. The molecule has 2 unspecified atom stereocenters. The second-order valence-corrected chi connectivity index (χ2v) is 5.92. The summed E-state index contributed by atoms with van der Waals surface area (Å²) < 4.78 is 5.39. The molecule has 1 N–H and O–H groups in total. The molecule has 2 nitrogen and oxygen atoms in total. The molecule has 0 saturated carbocycles.